The summed E-state index contributed by atoms with van der Waals surface area (Å²) < 4.78 is 0. The van der Waals surface area contributed by atoms with Gasteiger partial charge in [-0.25, -0.2) is 0 Å². The van der Waals surface area contributed by atoms with E-state index in [1.807, 2.05) is 31.3 Å². The molecule has 0 spiro atoms. The van der Waals surface area contributed by atoms with E-state index in [1.165, 1.54) is 5.56 Å². The Kier molecular flexibility index (Phi) is 6.33. The van der Waals surface area contributed by atoms with Gasteiger partial charge in [-0.15, -0.1) is 0 Å². The number of rotatable bonds is 7. The molecule has 0 fully saturated rings. The Hall–Kier alpha value is -1.35. The van der Waals surface area contributed by atoms with Gasteiger partial charge in [-0.05, 0) is 31.2 Å². The molecule has 1 rings (SSSR count). The molecule has 0 bridgehead atoms. The lowest BCUT2D eigenvalue weighted by Gasteiger charge is -2.06. The topological polar surface area (TPSA) is 41.1 Å². The van der Waals surface area contributed by atoms with E-state index in [9.17, 15) is 4.79 Å². The van der Waals surface area contributed by atoms with Crippen molar-refractivity contribution in [1.29, 1.82) is 0 Å². The number of amides is 1. The molecule has 3 heteroatoms. The van der Waals surface area contributed by atoms with Crippen LogP contribution in [-0.4, -0.2) is 13.0 Å². The predicted molar refractivity (Wildman–Crippen MR) is 72.0 cm³/mol. The SMILES string of the molecule is CCCCCC(=O)Nc1ccc(CNC)cc1. The fourth-order valence-electron chi connectivity index (χ4n) is 1.67. The van der Waals surface area contributed by atoms with Crippen molar-refractivity contribution >= 4 is 11.6 Å². The molecule has 1 aromatic carbocycles. The smallest absolute Gasteiger partial charge is 0.224 e. The summed E-state index contributed by atoms with van der Waals surface area (Å²) in [4.78, 5) is 11.6. The summed E-state index contributed by atoms with van der Waals surface area (Å²) >= 11 is 0. The van der Waals surface area contributed by atoms with Crippen LogP contribution >= 0.6 is 0 Å². The van der Waals surface area contributed by atoms with Gasteiger partial charge in [-0.2, -0.15) is 0 Å². The van der Waals surface area contributed by atoms with Crippen LogP contribution in [0.4, 0.5) is 5.69 Å². The summed E-state index contributed by atoms with van der Waals surface area (Å²) in [5, 5.41) is 6.00. The minimum Gasteiger partial charge on any atom is -0.326 e. The summed E-state index contributed by atoms with van der Waals surface area (Å²) in [6.07, 6.45) is 3.85. The lowest BCUT2D eigenvalue weighted by atomic mass is 10.2. The molecule has 0 aliphatic rings. The first-order valence-corrected chi connectivity index (χ1v) is 6.29. The van der Waals surface area contributed by atoms with Gasteiger partial charge < -0.3 is 10.6 Å². The normalized spacial score (nSPS) is 10.2. The van der Waals surface area contributed by atoms with Gasteiger partial charge in [0.25, 0.3) is 0 Å². The molecule has 0 saturated carbocycles. The van der Waals surface area contributed by atoms with E-state index < -0.39 is 0 Å². The highest BCUT2D eigenvalue weighted by molar-refractivity contribution is 5.90. The van der Waals surface area contributed by atoms with Crippen molar-refractivity contribution < 1.29 is 4.79 Å². The minimum atomic E-state index is 0.111. The van der Waals surface area contributed by atoms with Gasteiger partial charge in [0.15, 0.2) is 0 Å². The second-order valence-corrected chi connectivity index (χ2v) is 4.23. The van der Waals surface area contributed by atoms with Crippen molar-refractivity contribution in [3.63, 3.8) is 0 Å². The number of hydrogen-bond acceptors (Lipinski definition) is 2. The molecule has 0 radical (unpaired) electrons. The van der Waals surface area contributed by atoms with Gasteiger partial charge >= 0.3 is 0 Å². The second kappa shape index (κ2) is 7.85. The first-order chi connectivity index (χ1) is 8.26. The molecule has 0 heterocycles. The van der Waals surface area contributed by atoms with E-state index in [0.29, 0.717) is 6.42 Å². The van der Waals surface area contributed by atoms with E-state index in [1.54, 1.807) is 0 Å². The molecule has 17 heavy (non-hydrogen) atoms. The van der Waals surface area contributed by atoms with Crippen LogP contribution < -0.4 is 10.6 Å². The third kappa shape index (κ3) is 5.50. The van der Waals surface area contributed by atoms with Crippen molar-refractivity contribution in [1.82, 2.24) is 5.32 Å². The fraction of sp³-hybridized carbons (Fsp3) is 0.500. The quantitative estimate of drug-likeness (QED) is 0.712. The molecule has 1 aromatic rings. The fourth-order valence-corrected chi connectivity index (χ4v) is 1.67. The number of carbonyl (C=O) groups excluding carboxylic acids is 1. The molecule has 2 N–H and O–H groups in total. The van der Waals surface area contributed by atoms with Gasteiger partial charge in [0.05, 0.1) is 0 Å². The zero-order chi connectivity index (χ0) is 12.5. The highest BCUT2D eigenvalue weighted by Gasteiger charge is 2.01. The van der Waals surface area contributed by atoms with E-state index in [2.05, 4.69) is 17.6 Å². The monoisotopic (exact) mass is 234 g/mol. The molecule has 0 saturated heterocycles. The average Bonchev–Trinajstić information content (AvgIpc) is 2.32. The van der Waals surface area contributed by atoms with Crippen molar-refractivity contribution in [3.05, 3.63) is 29.8 Å². The molecule has 0 aliphatic carbocycles. The van der Waals surface area contributed by atoms with Crippen molar-refractivity contribution in [2.45, 2.75) is 39.2 Å². The summed E-state index contributed by atoms with van der Waals surface area (Å²) in [5.74, 6) is 0.111. The van der Waals surface area contributed by atoms with Gasteiger partial charge in [0, 0.05) is 18.7 Å². The minimum absolute atomic E-state index is 0.111. The van der Waals surface area contributed by atoms with Crippen LogP contribution in [0.3, 0.4) is 0 Å². The molecular formula is C14H22N2O. The zero-order valence-corrected chi connectivity index (χ0v) is 10.8. The van der Waals surface area contributed by atoms with Crippen LogP contribution in [0, 0.1) is 0 Å². The summed E-state index contributed by atoms with van der Waals surface area (Å²) in [5.41, 5.74) is 2.10. The Morgan fingerprint density at radius 1 is 1.18 bits per heavy atom. The van der Waals surface area contributed by atoms with E-state index >= 15 is 0 Å². The maximum atomic E-state index is 11.6. The standard InChI is InChI=1S/C14H22N2O/c1-3-4-5-6-14(17)16-13-9-7-12(8-10-13)11-15-2/h7-10,15H,3-6,11H2,1-2H3,(H,16,17). The number of unbranched alkanes of at least 4 members (excludes halogenated alkanes) is 2. The molecule has 94 valence electrons. The first-order valence-electron chi connectivity index (χ1n) is 6.29. The van der Waals surface area contributed by atoms with Crippen molar-refractivity contribution in [2.24, 2.45) is 0 Å². The van der Waals surface area contributed by atoms with Crippen molar-refractivity contribution in [2.75, 3.05) is 12.4 Å². The van der Waals surface area contributed by atoms with E-state index in [0.717, 1.165) is 31.5 Å². The Morgan fingerprint density at radius 3 is 2.47 bits per heavy atom. The van der Waals surface area contributed by atoms with Crippen LogP contribution in [0.5, 0.6) is 0 Å². The zero-order valence-electron chi connectivity index (χ0n) is 10.8. The summed E-state index contributed by atoms with van der Waals surface area (Å²) in [6, 6.07) is 7.95. The third-order valence-corrected chi connectivity index (χ3v) is 2.63. The number of hydrogen-bond donors (Lipinski definition) is 2. The van der Waals surface area contributed by atoms with Crippen molar-refractivity contribution in [3.8, 4) is 0 Å². The van der Waals surface area contributed by atoms with Crippen LogP contribution in [0.2, 0.25) is 0 Å². The van der Waals surface area contributed by atoms with Crippen LogP contribution in [0.25, 0.3) is 0 Å². The van der Waals surface area contributed by atoms with Crippen LogP contribution in [-0.2, 0) is 11.3 Å². The Balaban J connectivity index is 2.37. The second-order valence-electron chi connectivity index (χ2n) is 4.23. The van der Waals surface area contributed by atoms with E-state index in [-0.39, 0.29) is 5.91 Å². The molecule has 0 aliphatic heterocycles. The molecule has 1 amide bonds. The van der Waals surface area contributed by atoms with Crippen LogP contribution in [0.15, 0.2) is 24.3 Å². The Morgan fingerprint density at radius 2 is 1.88 bits per heavy atom. The highest BCUT2D eigenvalue weighted by Crippen LogP contribution is 2.10. The number of nitrogens with one attached hydrogen (secondary N) is 2. The Labute approximate surface area is 104 Å². The molecule has 0 unspecified atom stereocenters. The van der Waals surface area contributed by atoms with Gasteiger partial charge in [-0.3, -0.25) is 4.79 Å². The highest BCUT2D eigenvalue weighted by atomic mass is 16.1. The molecule has 3 nitrogen and oxygen atoms in total. The predicted octanol–water partition coefficient (Wildman–Crippen LogP) is 2.92. The lowest BCUT2D eigenvalue weighted by Crippen LogP contribution is -2.11. The van der Waals surface area contributed by atoms with Gasteiger partial charge in [0.2, 0.25) is 5.91 Å². The largest absolute Gasteiger partial charge is 0.326 e. The molecular weight excluding hydrogens is 212 g/mol. The van der Waals surface area contributed by atoms with Gasteiger partial charge in [-0.1, -0.05) is 31.9 Å². The summed E-state index contributed by atoms with van der Waals surface area (Å²) in [7, 11) is 1.92. The Bertz CT molecular complexity index is 333. The number of carbonyl (C=O) groups is 1. The molecule has 0 atom stereocenters. The number of anilines is 1. The average molecular weight is 234 g/mol. The third-order valence-electron chi connectivity index (χ3n) is 2.63. The van der Waals surface area contributed by atoms with E-state index in [4.69, 9.17) is 0 Å². The summed E-state index contributed by atoms with van der Waals surface area (Å²) in [6.45, 7) is 2.99. The number of benzene rings is 1. The maximum Gasteiger partial charge on any atom is 0.224 e. The van der Waals surface area contributed by atoms with Gasteiger partial charge in [0.1, 0.15) is 0 Å². The molecule has 0 aromatic heterocycles. The lowest BCUT2D eigenvalue weighted by molar-refractivity contribution is -0.116. The van der Waals surface area contributed by atoms with Crippen LogP contribution in [0.1, 0.15) is 38.2 Å². The first kappa shape index (κ1) is 13.7. The maximum absolute atomic E-state index is 11.6.